The molecule has 0 aliphatic rings. The van der Waals surface area contributed by atoms with Crippen LogP contribution in [0.3, 0.4) is 0 Å². The number of carbonyl (C=O) groups excluding carboxylic acids is 2. The van der Waals surface area contributed by atoms with Gasteiger partial charge < -0.3 is 19.7 Å². The van der Waals surface area contributed by atoms with Crippen LogP contribution < -0.4 is 0 Å². The summed E-state index contributed by atoms with van der Waals surface area (Å²) >= 11 is 0. The third kappa shape index (κ3) is 4.95. The van der Waals surface area contributed by atoms with Crippen molar-refractivity contribution in [1.29, 1.82) is 0 Å². The van der Waals surface area contributed by atoms with Gasteiger partial charge in [0.1, 0.15) is 12.7 Å². The van der Waals surface area contributed by atoms with Crippen molar-refractivity contribution in [3.05, 3.63) is 47.5 Å². The Balaban J connectivity index is 2.87. The fourth-order valence-electron chi connectivity index (χ4n) is 1.58. The predicted octanol–water partition coefficient (Wildman–Crippen LogP) is 1.36. The summed E-state index contributed by atoms with van der Waals surface area (Å²) in [6, 6.07) is 3.00. The first-order chi connectivity index (χ1) is 10.8. The zero-order valence-corrected chi connectivity index (χ0v) is 12.1. The molecule has 0 aromatic heterocycles. The summed E-state index contributed by atoms with van der Waals surface area (Å²) in [5, 5.41) is 17.9. The number of hydrogen-bond donors (Lipinski definition) is 2. The number of hydrogen-bond acceptors (Lipinski definition) is 6. The monoisotopic (exact) mass is 322 g/mol. The Hall–Kier alpha value is -3.16. The minimum Gasteiger partial charge on any atom is -0.478 e. The molecule has 8 nitrogen and oxygen atoms in total. The molecule has 1 atom stereocenters. The van der Waals surface area contributed by atoms with Crippen molar-refractivity contribution in [2.75, 3.05) is 6.61 Å². The zero-order chi connectivity index (χ0) is 17.6. The summed E-state index contributed by atoms with van der Waals surface area (Å²) in [7, 11) is 0. The van der Waals surface area contributed by atoms with Crippen LogP contribution in [0.5, 0.6) is 0 Å². The number of carbonyl (C=O) groups is 4. The smallest absolute Gasteiger partial charge is 0.339 e. The number of carboxylic acid groups (broad SMARTS) is 2. The molecular weight excluding hydrogens is 308 g/mol. The fourth-order valence-corrected chi connectivity index (χ4v) is 1.58. The van der Waals surface area contributed by atoms with Gasteiger partial charge in [-0.05, 0) is 25.1 Å². The van der Waals surface area contributed by atoms with Gasteiger partial charge in [0.15, 0.2) is 0 Å². The second kappa shape index (κ2) is 7.74. The van der Waals surface area contributed by atoms with Crippen LogP contribution in [0.15, 0.2) is 30.9 Å². The Morgan fingerprint density at radius 3 is 2.35 bits per heavy atom. The minimum absolute atomic E-state index is 0.271. The second-order valence-corrected chi connectivity index (χ2v) is 4.42. The molecule has 8 heteroatoms. The lowest BCUT2D eigenvalue weighted by atomic mass is 10.0. The Labute approximate surface area is 130 Å². The molecule has 1 aromatic carbocycles. The van der Waals surface area contributed by atoms with E-state index in [0.29, 0.717) is 0 Å². The van der Waals surface area contributed by atoms with Crippen molar-refractivity contribution >= 4 is 23.9 Å². The van der Waals surface area contributed by atoms with Crippen LogP contribution in [0.1, 0.15) is 38.0 Å². The molecule has 0 spiro atoms. The molecule has 0 amide bonds. The molecule has 0 saturated carbocycles. The quantitative estimate of drug-likeness (QED) is 0.569. The van der Waals surface area contributed by atoms with Gasteiger partial charge in [-0.25, -0.2) is 19.2 Å². The number of aromatic carboxylic acids is 2. The van der Waals surface area contributed by atoms with E-state index in [4.69, 9.17) is 19.7 Å². The van der Waals surface area contributed by atoms with E-state index >= 15 is 0 Å². The van der Waals surface area contributed by atoms with Crippen molar-refractivity contribution < 1.29 is 38.9 Å². The SMILES string of the molecule is C=CC(=O)OC(C)COC(=O)c1ccc(C(=O)O)cc1C(=O)O. The largest absolute Gasteiger partial charge is 0.478 e. The van der Waals surface area contributed by atoms with E-state index in [1.807, 2.05) is 0 Å². The van der Waals surface area contributed by atoms with Gasteiger partial charge in [-0.15, -0.1) is 0 Å². The lowest BCUT2D eigenvalue weighted by molar-refractivity contribution is -0.144. The first kappa shape index (κ1) is 17.9. The maximum Gasteiger partial charge on any atom is 0.339 e. The summed E-state index contributed by atoms with van der Waals surface area (Å²) in [6.45, 7) is 4.39. The maximum atomic E-state index is 11.9. The lowest BCUT2D eigenvalue weighted by Gasteiger charge is -2.13. The van der Waals surface area contributed by atoms with Gasteiger partial charge in [0.05, 0.1) is 16.7 Å². The van der Waals surface area contributed by atoms with Crippen molar-refractivity contribution in [2.45, 2.75) is 13.0 Å². The highest BCUT2D eigenvalue weighted by molar-refractivity contribution is 6.04. The van der Waals surface area contributed by atoms with Crippen molar-refractivity contribution in [3.8, 4) is 0 Å². The summed E-state index contributed by atoms with van der Waals surface area (Å²) in [5.74, 6) is -4.45. The summed E-state index contributed by atoms with van der Waals surface area (Å²) in [5.41, 5.74) is -1.07. The fraction of sp³-hybridized carbons (Fsp3) is 0.200. The van der Waals surface area contributed by atoms with E-state index in [1.54, 1.807) is 0 Å². The molecule has 1 aromatic rings. The molecule has 0 heterocycles. The highest BCUT2D eigenvalue weighted by atomic mass is 16.6. The Kier molecular flexibility index (Phi) is 6.02. The van der Waals surface area contributed by atoms with Crippen LogP contribution in [0, 0.1) is 0 Å². The van der Waals surface area contributed by atoms with Crippen LogP contribution >= 0.6 is 0 Å². The van der Waals surface area contributed by atoms with Crippen LogP contribution in [0.25, 0.3) is 0 Å². The van der Waals surface area contributed by atoms with Crippen molar-refractivity contribution in [2.24, 2.45) is 0 Å². The molecule has 0 saturated heterocycles. The van der Waals surface area contributed by atoms with Gasteiger partial charge in [-0.1, -0.05) is 6.58 Å². The normalized spacial score (nSPS) is 11.2. The van der Waals surface area contributed by atoms with E-state index in [1.165, 1.54) is 6.92 Å². The van der Waals surface area contributed by atoms with Gasteiger partial charge >= 0.3 is 23.9 Å². The summed E-state index contributed by atoms with van der Waals surface area (Å²) in [6.07, 6.45) is 0.196. The number of rotatable bonds is 7. The number of esters is 2. The molecule has 0 aliphatic carbocycles. The van der Waals surface area contributed by atoms with E-state index in [0.717, 1.165) is 24.3 Å². The van der Waals surface area contributed by atoms with Crippen LogP contribution in [0.2, 0.25) is 0 Å². The summed E-state index contributed by atoms with van der Waals surface area (Å²) < 4.78 is 9.65. The third-order valence-electron chi connectivity index (χ3n) is 2.65. The lowest BCUT2D eigenvalue weighted by Crippen LogP contribution is -2.22. The molecule has 2 N–H and O–H groups in total. The number of carboxylic acids is 2. The Morgan fingerprint density at radius 1 is 1.17 bits per heavy atom. The molecule has 0 fully saturated rings. The second-order valence-electron chi connectivity index (χ2n) is 4.42. The minimum atomic E-state index is -1.47. The van der Waals surface area contributed by atoms with E-state index in [9.17, 15) is 19.2 Å². The van der Waals surface area contributed by atoms with Gasteiger partial charge in [0.25, 0.3) is 0 Å². The molecule has 0 radical (unpaired) electrons. The van der Waals surface area contributed by atoms with Crippen molar-refractivity contribution in [3.63, 3.8) is 0 Å². The van der Waals surface area contributed by atoms with Gasteiger partial charge in [-0.3, -0.25) is 0 Å². The highest BCUT2D eigenvalue weighted by Gasteiger charge is 2.21. The molecule has 23 heavy (non-hydrogen) atoms. The number of benzene rings is 1. The molecular formula is C15H14O8. The highest BCUT2D eigenvalue weighted by Crippen LogP contribution is 2.14. The first-order valence-corrected chi connectivity index (χ1v) is 6.37. The predicted molar refractivity (Wildman–Crippen MR) is 76.4 cm³/mol. The molecule has 0 aliphatic heterocycles. The molecule has 1 rings (SSSR count). The van der Waals surface area contributed by atoms with E-state index < -0.39 is 35.5 Å². The average molecular weight is 322 g/mol. The standard InChI is InChI=1S/C15H14O8/c1-3-12(16)23-8(2)7-22-15(21)10-5-4-9(13(17)18)6-11(10)14(19)20/h3-6,8H,1,7H2,2H3,(H,17,18)(H,19,20). The zero-order valence-electron chi connectivity index (χ0n) is 12.1. The van der Waals surface area contributed by atoms with Gasteiger partial charge in [0, 0.05) is 6.08 Å². The van der Waals surface area contributed by atoms with Crippen molar-refractivity contribution in [1.82, 2.24) is 0 Å². The Morgan fingerprint density at radius 2 is 1.83 bits per heavy atom. The van der Waals surface area contributed by atoms with Gasteiger partial charge in [-0.2, -0.15) is 0 Å². The van der Waals surface area contributed by atoms with E-state index in [-0.39, 0.29) is 17.7 Å². The van der Waals surface area contributed by atoms with Crippen LogP contribution in [-0.4, -0.2) is 46.8 Å². The van der Waals surface area contributed by atoms with Crippen LogP contribution in [0.4, 0.5) is 0 Å². The topological polar surface area (TPSA) is 127 Å². The molecule has 0 bridgehead atoms. The third-order valence-corrected chi connectivity index (χ3v) is 2.65. The first-order valence-electron chi connectivity index (χ1n) is 6.37. The molecule has 1 unspecified atom stereocenters. The average Bonchev–Trinajstić information content (AvgIpc) is 2.51. The number of ether oxygens (including phenoxy) is 2. The van der Waals surface area contributed by atoms with Crippen LogP contribution in [-0.2, 0) is 14.3 Å². The molecule has 122 valence electrons. The van der Waals surface area contributed by atoms with Gasteiger partial charge in [0.2, 0.25) is 0 Å². The van der Waals surface area contributed by atoms with E-state index in [2.05, 4.69) is 6.58 Å². The summed E-state index contributed by atoms with van der Waals surface area (Å²) in [4.78, 5) is 44.9. The Bertz CT molecular complexity index is 661. The maximum absolute atomic E-state index is 11.9.